The number of likely N-dealkylation sites (N-methyl/N-ethyl adjacent to an activating group) is 1. The molecule has 2 heterocycles. The van der Waals surface area contributed by atoms with E-state index in [1.54, 1.807) is 29.8 Å². The van der Waals surface area contributed by atoms with Crippen molar-refractivity contribution in [3.63, 3.8) is 0 Å². The standard InChI is InChI=1S/C17H17N3O3/c1-4-11-6-7-13-12(8-11)16(21)19(3)9-14-15(17(22)23-5-2)18-10-20(13)14/h1,7-8,10-11H,5-6,9H2,2-3H3. The van der Waals surface area contributed by atoms with Crippen LogP contribution in [-0.4, -0.2) is 40.0 Å². The molecule has 0 saturated heterocycles. The second-order valence-electron chi connectivity index (χ2n) is 5.47. The van der Waals surface area contributed by atoms with Crippen LogP contribution in [0.2, 0.25) is 0 Å². The van der Waals surface area contributed by atoms with E-state index >= 15 is 0 Å². The molecule has 6 heteroatoms. The van der Waals surface area contributed by atoms with Crippen LogP contribution in [0.25, 0.3) is 5.70 Å². The van der Waals surface area contributed by atoms with Crippen molar-refractivity contribution in [2.24, 2.45) is 5.92 Å². The van der Waals surface area contributed by atoms with Gasteiger partial charge in [0.1, 0.15) is 6.33 Å². The lowest BCUT2D eigenvalue weighted by Crippen LogP contribution is -2.27. The van der Waals surface area contributed by atoms with Gasteiger partial charge in [0, 0.05) is 13.0 Å². The Hall–Kier alpha value is -2.81. The lowest BCUT2D eigenvalue weighted by atomic mass is 9.94. The summed E-state index contributed by atoms with van der Waals surface area (Å²) in [4.78, 5) is 30.4. The number of ether oxygens (including phenoxy) is 1. The molecule has 0 radical (unpaired) electrons. The zero-order chi connectivity index (χ0) is 16.6. The van der Waals surface area contributed by atoms with Gasteiger partial charge in [0.2, 0.25) is 0 Å². The minimum Gasteiger partial charge on any atom is -0.461 e. The summed E-state index contributed by atoms with van der Waals surface area (Å²) in [5.41, 5.74) is 2.16. The Bertz CT molecular complexity index is 779. The Morgan fingerprint density at radius 1 is 1.57 bits per heavy atom. The Morgan fingerprint density at radius 3 is 3.04 bits per heavy atom. The van der Waals surface area contributed by atoms with E-state index in [1.165, 1.54) is 0 Å². The highest BCUT2D eigenvalue weighted by molar-refractivity contribution is 6.07. The van der Waals surface area contributed by atoms with Crippen LogP contribution < -0.4 is 0 Å². The minimum absolute atomic E-state index is 0.0966. The van der Waals surface area contributed by atoms with E-state index in [-0.39, 0.29) is 30.7 Å². The van der Waals surface area contributed by atoms with Crippen molar-refractivity contribution in [2.75, 3.05) is 13.7 Å². The van der Waals surface area contributed by atoms with Gasteiger partial charge in [0.15, 0.2) is 5.69 Å². The summed E-state index contributed by atoms with van der Waals surface area (Å²) in [6.45, 7) is 2.30. The quantitative estimate of drug-likeness (QED) is 0.612. The largest absolute Gasteiger partial charge is 0.461 e. The number of carbonyl (C=O) groups is 2. The number of amides is 1. The van der Waals surface area contributed by atoms with Crippen LogP contribution >= 0.6 is 0 Å². The summed E-state index contributed by atoms with van der Waals surface area (Å²) in [7, 11) is 1.69. The van der Waals surface area contributed by atoms with E-state index in [4.69, 9.17) is 11.2 Å². The van der Waals surface area contributed by atoms with Crippen molar-refractivity contribution in [1.29, 1.82) is 0 Å². The van der Waals surface area contributed by atoms with Gasteiger partial charge in [-0.1, -0.05) is 18.1 Å². The molecule has 1 aliphatic heterocycles. The predicted octanol–water partition coefficient (Wildman–Crippen LogP) is 1.45. The first-order valence-corrected chi connectivity index (χ1v) is 7.44. The Balaban J connectivity index is 2.12. The molecule has 3 rings (SSSR count). The number of aromatic nitrogens is 2. The van der Waals surface area contributed by atoms with Crippen molar-refractivity contribution < 1.29 is 14.3 Å². The zero-order valence-corrected chi connectivity index (χ0v) is 13.1. The maximum Gasteiger partial charge on any atom is 0.358 e. The number of esters is 1. The molecule has 6 nitrogen and oxygen atoms in total. The Kier molecular flexibility index (Phi) is 3.78. The van der Waals surface area contributed by atoms with E-state index in [0.29, 0.717) is 17.7 Å². The third kappa shape index (κ3) is 2.44. The van der Waals surface area contributed by atoms with E-state index in [2.05, 4.69) is 10.9 Å². The molecule has 23 heavy (non-hydrogen) atoms. The van der Waals surface area contributed by atoms with Crippen molar-refractivity contribution >= 4 is 17.6 Å². The van der Waals surface area contributed by atoms with Crippen LogP contribution in [0.3, 0.4) is 0 Å². The van der Waals surface area contributed by atoms with Crippen LogP contribution in [0.5, 0.6) is 0 Å². The molecule has 0 N–H and O–H groups in total. The summed E-state index contributed by atoms with van der Waals surface area (Å²) in [6, 6.07) is 0. The van der Waals surface area contributed by atoms with E-state index in [1.807, 2.05) is 12.2 Å². The SMILES string of the molecule is C#CC1C=C2C(=O)N(C)Cc3c(C(=O)OCC)ncn3C2=CC1. The summed E-state index contributed by atoms with van der Waals surface area (Å²) in [5, 5.41) is 0. The second kappa shape index (κ2) is 5.76. The summed E-state index contributed by atoms with van der Waals surface area (Å²) >= 11 is 0. The molecule has 0 bridgehead atoms. The van der Waals surface area contributed by atoms with Crippen molar-refractivity contribution in [1.82, 2.24) is 14.5 Å². The monoisotopic (exact) mass is 311 g/mol. The predicted molar refractivity (Wildman–Crippen MR) is 84.0 cm³/mol. The Labute approximate surface area is 134 Å². The number of rotatable bonds is 2. The number of allylic oxidation sites excluding steroid dienone is 2. The lowest BCUT2D eigenvalue weighted by Gasteiger charge is -2.19. The Morgan fingerprint density at radius 2 is 2.35 bits per heavy atom. The number of hydrogen-bond donors (Lipinski definition) is 0. The van der Waals surface area contributed by atoms with Gasteiger partial charge in [-0.15, -0.1) is 6.42 Å². The number of imidazole rings is 1. The highest BCUT2D eigenvalue weighted by Crippen LogP contribution is 2.32. The fourth-order valence-corrected chi connectivity index (χ4v) is 2.83. The van der Waals surface area contributed by atoms with Crippen molar-refractivity contribution in [3.05, 3.63) is 35.4 Å². The maximum atomic E-state index is 12.6. The van der Waals surface area contributed by atoms with Crippen molar-refractivity contribution in [2.45, 2.75) is 19.9 Å². The third-order valence-corrected chi connectivity index (χ3v) is 3.98. The molecule has 1 aliphatic carbocycles. The number of nitrogens with zero attached hydrogens (tertiary/aromatic N) is 3. The van der Waals surface area contributed by atoms with Gasteiger partial charge >= 0.3 is 5.97 Å². The number of hydrogen-bond acceptors (Lipinski definition) is 4. The first-order valence-electron chi connectivity index (χ1n) is 7.44. The molecule has 0 fully saturated rings. The fraction of sp³-hybridized carbons (Fsp3) is 0.353. The molecular formula is C17H17N3O3. The third-order valence-electron chi connectivity index (χ3n) is 3.98. The van der Waals surface area contributed by atoms with Gasteiger partial charge in [-0.3, -0.25) is 4.79 Å². The highest BCUT2D eigenvalue weighted by Gasteiger charge is 2.32. The molecule has 0 aromatic carbocycles. The molecule has 1 atom stereocenters. The van der Waals surface area contributed by atoms with Crippen LogP contribution in [0, 0.1) is 18.3 Å². The lowest BCUT2D eigenvalue weighted by molar-refractivity contribution is -0.125. The molecule has 0 spiro atoms. The molecule has 1 unspecified atom stereocenters. The summed E-state index contributed by atoms with van der Waals surface area (Å²) < 4.78 is 6.83. The van der Waals surface area contributed by atoms with Gasteiger partial charge in [0.25, 0.3) is 5.91 Å². The number of carbonyl (C=O) groups excluding carboxylic acids is 2. The van der Waals surface area contributed by atoms with Gasteiger partial charge in [0.05, 0.1) is 30.1 Å². The zero-order valence-electron chi connectivity index (χ0n) is 13.1. The summed E-state index contributed by atoms with van der Waals surface area (Å²) in [5.74, 6) is 1.97. The summed E-state index contributed by atoms with van der Waals surface area (Å²) in [6.07, 6.45) is 11.4. The van der Waals surface area contributed by atoms with Gasteiger partial charge in [-0.25, -0.2) is 9.78 Å². The molecule has 1 amide bonds. The van der Waals surface area contributed by atoms with Gasteiger partial charge in [-0.05, 0) is 13.3 Å². The molecule has 0 saturated carbocycles. The molecule has 118 valence electrons. The van der Waals surface area contributed by atoms with E-state index < -0.39 is 5.97 Å². The smallest absolute Gasteiger partial charge is 0.358 e. The second-order valence-corrected chi connectivity index (χ2v) is 5.47. The van der Waals surface area contributed by atoms with Crippen molar-refractivity contribution in [3.8, 4) is 12.3 Å². The molecule has 1 aromatic heterocycles. The topological polar surface area (TPSA) is 64.4 Å². The van der Waals surface area contributed by atoms with Gasteiger partial charge < -0.3 is 14.2 Å². The first-order chi connectivity index (χ1) is 11.1. The van der Waals surface area contributed by atoms with Crippen LogP contribution in [-0.2, 0) is 16.1 Å². The van der Waals surface area contributed by atoms with Crippen LogP contribution in [0.15, 0.2) is 24.1 Å². The van der Waals surface area contributed by atoms with E-state index in [9.17, 15) is 9.59 Å². The molecule has 2 aliphatic rings. The number of terminal acetylenes is 1. The fourth-order valence-electron chi connectivity index (χ4n) is 2.83. The average Bonchev–Trinajstić information content (AvgIpc) is 2.93. The van der Waals surface area contributed by atoms with Crippen LogP contribution in [0.4, 0.5) is 0 Å². The normalized spacial score (nSPS) is 19.8. The minimum atomic E-state index is -0.479. The van der Waals surface area contributed by atoms with Crippen LogP contribution in [0.1, 0.15) is 29.5 Å². The molecular weight excluding hydrogens is 294 g/mol. The van der Waals surface area contributed by atoms with E-state index in [0.717, 1.165) is 5.70 Å². The average molecular weight is 311 g/mol. The number of fused-ring (bicyclic) bond motifs is 3. The highest BCUT2D eigenvalue weighted by atomic mass is 16.5. The molecule has 1 aromatic rings. The van der Waals surface area contributed by atoms with Gasteiger partial charge in [-0.2, -0.15) is 0 Å². The first kappa shape index (κ1) is 15.1. The maximum absolute atomic E-state index is 12.6.